The smallest absolute Gasteiger partial charge is 0.261 e. The fourth-order valence-corrected chi connectivity index (χ4v) is 1.48. The van der Waals surface area contributed by atoms with Gasteiger partial charge in [0.15, 0.2) is 0 Å². The molecule has 1 rings (SSSR count). The minimum absolute atomic E-state index is 0.109. The Morgan fingerprint density at radius 1 is 1.37 bits per heavy atom. The number of benzene rings is 1. The first kappa shape index (κ1) is 14.8. The van der Waals surface area contributed by atoms with Gasteiger partial charge in [0, 0.05) is 6.54 Å². The lowest BCUT2D eigenvalue weighted by Crippen LogP contribution is -2.25. The summed E-state index contributed by atoms with van der Waals surface area (Å²) in [4.78, 5) is 11.7. The molecule has 0 aliphatic rings. The number of nitrogens with zero attached hydrogens (tertiary/aromatic N) is 1. The third-order valence-electron chi connectivity index (χ3n) is 2.40. The van der Waals surface area contributed by atoms with Crippen molar-refractivity contribution in [2.75, 3.05) is 13.2 Å². The van der Waals surface area contributed by atoms with Gasteiger partial charge in [0.25, 0.3) is 5.91 Å². The fourth-order valence-electron chi connectivity index (χ4n) is 1.48. The molecule has 4 nitrogen and oxygen atoms in total. The number of hydrogen-bond acceptors (Lipinski definition) is 3. The summed E-state index contributed by atoms with van der Waals surface area (Å²) in [5.74, 6) is 0.437. The van der Waals surface area contributed by atoms with E-state index in [9.17, 15) is 4.79 Å². The minimum atomic E-state index is -0.335. The molecular weight excluding hydrogens is 240 g/mol. The van der Waals surface area contributed by atoms with Gasteiger partial charge in [-0.15, -0.1) is 0 Å². The standard InChI is InChI=1S/C15H18N2O2/c1-3-9-17-15(18)13(11-16)10-12-5-7-14(8-6-12)19-4-2/h5-8,10H,3-4,9H2,1-2H3,(H,17,18)/b13-10-. The third kappa shape index (κ3) is 4.84. The average Bonchev–Trinajstić information content (AvgIpc) is 2.44. The molecule has 1 aromatic carbocycles. The summed E-state index contributed by atoms with van der Waals surface area (Å²) in [5, 5.41) is 11.7. The van der Waals surface area contributed by atoms with Crippen LogP contribution in [0.5, 0.6) is 5.75 Å². The topological polar surface area (TPSA) is 62.1 Å². The molecule has 0 aliphatic carbocycles. The highest BCUT2D eigenvalue weighted by molar-refractivity contribution is 6.01. The average molecular weight is 258 g/mol. The van der Waals surface area contributed by atoms with E-state index in [-0.39, 0.29) is 11.5 Å². The van der Waals surface area contributed by atoms with Crippen LogP contribution in [-0.2, 0) is 4.79 Å². The van der Waals surface area contributed by atoms with E-state index in [0.29, 0.717) is 13.2 Å². The Kier molecular flexibility index (Phi) is 6.17. The van der Waals surface area contributed by atoms with Crippen molar-refractivity contribution >= 4 is 12.0 Å². The molecule has 0 fully saturated rings. The van der Waals surface area contributed by atoms with Gasteiger partial charge < -0.3 is 10.1 Å². The van der Waals surface area contributed by atoms with Crippen LogP contribution < -0.4 is 10.1 Å². The molecule has 0 aliphatic heterocycles. The van der Waals surface area contributed by atoms with Crippen molar-refractivity contribution in [1.29, 1.82) is 5.26 Å². The Labute approximate surface area is 113 Å². The molecule has 19 heavy (non-hydrogen) atoms. The molecule has 0 spiro atoms. The van der Waals surface area contributed by atoms with Gasteiger partial charge in [-0.1, -0.05) is 19.1 Å². The molecule has 0 saturated carbocycles. The SMILES string of the molecule is CCCNC(=O)/C(C#N)=C\c1ccc(OCC)cc1. The van der Waals surface area contributed by atoms with Gasteiger partial charge in [-0.3, -0.25) is 4.79 Å². The molecule has 1 amide bonds. The molecule has 1 aromatic rings. The lowest BCUT2D eigenvalue weighted by molar-refractivity contribution is -0.117. The maximum absolute atomic E-state index is 11.7. The van der Waals surface area contributed by atoms with Crippen molar-refractivity contribution in [3.8, 4) is 11.8 Å². The van der Waals surface area contributed by atoms with E-state index in [4.69, 9.17) is 10.00 Å². The van der Waals surface area contributed by atoms with Crippen molar-refractivity contribution < 1.29 is 9.53 Å². The Morgan fingerprint density at radius 2 is 2.05 bits per heavy atom. The number of rotatable bonds is 6. The van der Waals surface area contributed by atoms with Crippen LogP contribution >= 0.6 is 0 Å². The summed E-state index contributed by atoms with van der Waals surface area (Å²) in [6.07, 6.45) is 2.41. The van der Waals surface area contributed by atoms with E-state index >= 15 is 0 Å². The Bertz CT molecular complexity index is 484. The van der Waals surface area contributed by atoms with Crippen LogP contribution in [0.2, 0.25) is 0 Å². The largest absolute Gasteiger partial charge is 0.494 e. The van der Waals surface area contributed by atoms with E-state index in [2.05, 4.69) is 5.32 Å². The van der Waals surface area contributed by atoms with Crippen molar-refractivity contribution in [3.63, 3.8) is 0 Å². The van der Waals surface area contributed by atoms with Gasteiger partial charge in [0.05, 0.1) is 6.61 Å². The number of nitriles is 1. The molecule has 0 atom stereocenters. The van der Waals surface area contributed by atoms with E-state index < -0.39 is 0 Å². The molecule has 0 saturated heterocycles. The van der Waals surface area contributed by atoms with Crippen LogP contribution in [0.25, 0.3) is 6.08 Å². The highest BCUT2D eigenvalue weighted by Gasteiger charge is 2.07. The van der Waals surface area contributed by atoms with Gasteiger partial charge in [-0.25, -0.2) is 0 Å². The van der Waals surface area contributed by atoms with Crippen LogP contribution in [-0.4, -0.2) is 19.1 Å². The highest BCUT2D eigenvalue weighted by atomic mass is 16.5. The Balaban J connectivity index is 2.80. The molecule has 0 aromatic heterocycles. The van der Waals surface area contributed by atoms with Gasteiger partial charge in [-0.2, -0.15) is 5.26 Å². The second-order valence-corrected chi connectivity index (χ2v) is 3.93. The summed E-state index contributed by atoms with van der Waals surface area (Å²) in [6.45, 7) is 5.06. The molecule has 1 N–H and O–H groups in total. The lowest BCUT2D eigenvalue weighted by Gasteiger charge is -2.04. The zero-order chi connectivity index (χ0) is 14.1. The zero-order valence-corrected chi connectivity index (χ0v) is 11.3. The van der Waals surface area contributed by atoms with E-state index in [0.717, 1.165) is 17.7 Å². The first-order valence-electron chi connectivity index (χ1n) is 6.34. The third-order valence-corrected chi connectivity index (χ3v) is 2.40. The van der Waals surface area contributed by atoms with Crippen LogP contribution in [0.1, 0.15) is 25.8 Å². The number of amides is 1. The van der Waals surface area contributed by atoms with E-state index in [1.165, 1.54) is 0 Å². The summed E-state index contributed by atoms with van der Waals surface area (Å²) in [6, 6.07) is 9.17. The second-order valence-electron chi connectivity index (χ2n) is 3.93. The van der Waals surface area contributed by atoms with E-state index in [1.54, 1.807) is 6.08 Å². The highest BCUT2D eigenvalue weighted by Crippen LogP contribution is 2.14. The zero-order valence-electron chi connectivity index (χ0n) is 11.3. The van der Waals surface area contributed by atoms with Gasteiger partial charge in [0.2, 0.25) is 0 Å². The molecule has 0 radical (unpaired) electrons. The number of ether oxygens (including phenoxy) is 1. The number of carbonyl (C=O) groups is 1. The summed E-state index contributed by atoms with van der Waals surface area (Å²) >= 11 is 0. The quantitative estimate of drug-likeness (QED) is 0.630. The van der Waals surface area contributed by atoms with Crippen molar-refractivity contribution in [3.05, 3.63) is 35.4 Å². The monoisotopic (exact) mass is 258 g/mol. The first-order valence-corrected chi connectivity index (χ1v) is 6.34. The number of nitrogens with one attached hydrogen (secondary N) is 1. The predicted octanol–water partition coefficient (Wildman–Crippen LogP) is 2.52. The fraction of sp³-hybridized carbons (Fsp3) is 0.333. The summed E-state index contributed by atoms with van der Waals surface area (Å²) < 4.78 is 5.33. The van der Waals surface area contributed by atoms with Gasteiger partial charge in [-0.05, 0) is 37.1 Å². The van der Waals surface area contributed by atoms with Crippen LogP contribution in [0.4, 0.5) is 0 Å². The summed E-state index contributed by atoms with van der Waals surface area (Å²) in [7, 11) is 0. The normalized spacial score (nSPS) is 10.7. The molecule has 100 valence electrons. The maximum Gasteiger partial charge on any atom is 0.261 e. The minimum Gasteiger partial charge on any atom is -0.494 e. The maximum atomic E-state index is 11.7. The molecule has 0 unspecified atom stereocenters. The lowest BCUT2D eigenvalue weighted by atomic mass is 10.1. The predicted molar refractivity (Wildman–Crippen MR) is 74.5 cm³/mol. The van der Waals surface area contributed by atoms with Crippen LogP contribution in [0.15, 0.2) is 29.8 Å². The molecular formula is C15H18N2O2. The van der Waals surface area contributed by atoms with Crippen molar-refractivity contribution in [2.24, 2.45) is 0 Å². The molecule has 0 bridgehead atoms. The van der Waals surface area contributed by atoms with Gasteiger partial charge >= 0.3 is 0 Å². The van der Waals surface area contributed by atoms with E-state index in [1.807, 2.05) is 44.2 Å². The van der Waals surface area contributed by atoms with Crippen molar-refractivity contribution in [2.45, 2.75) is 20.3 Å². The second kappa shape index (κ2) is 7.93. The van der Waals surface area contributed by atoms with Gasteiger partial charge in [0.1, 0.15) is 17.4 Å². The molecule has 0 heterocycles. The van der Waals surface area contributed by atoms with Crippen molar-refractivity contribution in [1.82, 2.24) is 5.32 Å². The Morgan fingerprint density at radius 3 is 2.58 bits per heavy atom. The first-order chi connectivity index (χ1) is 9.21. The van der Waals surface area contributed by atoms with Crippen LogP contribution in [0.3, 0.4) is 0 Å². The number of hydrogen-bond donors (Lipinski definition) is 1. The summed E-state index contributed by atoms with van der Waals surface area (Å²) in [5.41, 5.74) is 0.907. The Hall–Kier alpha value is -2.28. The number of carbonyl (C=O) groups excluding carboxylic acids is 1. The van der Waals surface area contributed by atoms with Crippen LogP contribution in [0, 0.1) is 11.3 Å². The molecule has 4 heteroatoms.